The Morgan fingerprint density at radius 1 is 0.397 bits per heavy atom. The summed E-state index contributed by atoms with van der Waals surface area (Å²) < 4.78 is 11.8. The number of rotatable bonds is 4. The molecule has 1 aliphatic heterocycles. The summed E-state index contributed by atoms with van der Waals surface area (Å²) in [7, 11) is 0. The maximum Gasteiger partial charge on any atom is 0.132 e. The van der Waals surface area contributed by atoms with Gasteiger partial charge in [0.1, 0.15) is 11.5 Å². The summed E-state index contributed by atoms with van der Waals surface area (Å²) in [6.45, 7) is 0. The summed E-state index contributed by atoms with van der Waals surface area (Å²) in [5.74, 6) is 1.77. The molecule has 0 amide bonds. The van der Waals surface area contributed by atoms with Crippen LogP contribution in [0.1, 0.15) is 22.3 Å². The lowest BCUT2D eigenvalue weighted by atomic mass is 9.58. The molecule has 0 bridgehead atoms. The maximum absolute atomic E-state index is 6.76. The second-order valence-electron chi connectivity index (χ2n) is 16.8. The molecule has 0 saturated carbocycles. The highest BCUT2D eigenvalue weighted by Gasteiger charge is 2.49. The van der Waals surface area contributed by atoms with Crippen LogP contribution in [0.5, 0.6) is 11.5 Å². The van der Waals surface area contributed by atoms with Crippen LogP contribution in [0.3, 0.4) is 0 Å². The molecule has 2 aliphatic rings. The van der Waals surface area contributed by atoms with E-state index in [1.165, 1.54) is 69.5 Å². The highest BCUT2D eigenvalue weighted by Crippen LogP contribution is 2.61. The Balaban J connectivity index is 1.04. The van der Waals surface area contributed by atoms with Crippen LogP contribution in [0.4, 0.5) is 17.1 Å². The van der Waals surface area contributed by atoms with Crippen molar-refractivity contribution in [3.05, 3.63) is 241 Å². The molecule has 0 saturated heterocycles. The summed E-state index contributed by atoms with van der Waals surface area (Å²) in [5, 5.41) is 7.60. The van der Waals surface area contributed by atoms with Crippen LogP contribution >= 0.6 is 11.3 Å². The van der Waals surface area contributed by atoms with E-state index in [2.05, 4.69) is 228 Å². The molecule has 0 unspecified atom stereocenters. The minimum Gasteiger partial charge on any atom is -0.457 e. The standard InChI is InChI=1S/C59H36N2OS/c1-2-16-38(17-3-1)60(40-29-32-44-43-18-4-8-24-52(43)61(53(44)35-40)41-30-33-46-45-19-5-11-27-56(45)63-57(46)36-41)39-28-31-42-47-20-12-14-37-15-13-23-50(58(37)47)59(51(42)34-39)48-21-6-9-25-54(48)62-55-26-10-7-22-49(55)59/h1-36H. The lowest BCUT2D eigenvalue weighted by Crippen LogP contribution is -2.36. The molecule has 0 atom stereocenters. The molecule has 1 spiro atoms. The van der Waals surface area contributed by atoms with Gasteiger partial charge in [0.25, 0.3) is 0 Å². The lowest BCUT2D eigenvalue weighted by Gasteiger charge is -2.45. The molecule has 3 heterocycles. The molecule has 10 aromatic carbocycles. The van der Waals surface area contributed by atoms with Crippen molar-refractivity contribution in [3.63, 3.8) is 0 Å². The third kappa shape index (κ3) is 4.79. The zero-order valence-corrected chi connectivity index (χ0v) is 34.8. The fraction of sp³-hybridized carbons (Fsp3) is 0.0169. The maximum atomic E-state index is 6.76. The first kappa shape index (κ1) is 34.8. The molecule has 3 nitrogen and oxygen atoms in total. The molecular weight excluding hydrogens is 785 g/mol. The van der Waals surface area contributed by atoms with E-state index in [-0.39, 0.29) is 0 Å². The summed E-state index contributed by atoms with van der Waals surface area (Å²) in [6.07, 6.45) is 0. The smallest absolute Gasteiger partial charge is 0.132 e. The van der Waals surface area contributed by atoms with Crippen molar-refractivity contribution in [3.8, 4) is 28.3 Å². The lowest BCUT2D eigenvalue weighted by molar-refractivity contribution is 0.435. The Hall–Kier alpha value is -7.92. The average molecular weight is 821 g/mol. The van der Waals surface area contributed by atoms with Crippen molar-refractivity contribution < 1.29 is 4.74 Å². The van der Waals surface area contributed by atoms with Gasteiger partial charge in [0, 0.05) is 64.8 Å². The number of anilines is 3. The van der Waals surface area contributed by atoms with E-state index in [0.29, 0.717) is 0 Å². The van der Waals surface area contributed by atoms with Crippen LogP contribution in [-0.2, 0) is 5.41 Å². The van der Waals surface area contributed by atoms with Crippen LogP contribution in [-0.4, -0.2) is 4.57 Å². The third-order valence-electron chi connectivity index (χ3n) is 13.6. The molecule has 0 fully saturated rings. The predicted octanol–water partition coefficient (Wildman–Crippen LogP) is 16.2. The molecule has 294 valence electrons. The molecule has 1 aliphatic carbocycles. The normalized spacial score (nSPS) is 13.3. The highest BCUT2D eigenvalue weighted by atomic mass is 32.1. The molecule has 0 radical (unpaired) electrons. The van der Waals surface area contributed by atoms with E-state index >= 15 is 0 Å². The van der Waals surface area contributed by atoms with Gasteiger partial charge >= 0.3 is 0 Å². The molecule has 63 heavy (non-hydrogen) atoms. The monoisotopic (exact) mass is 820 g/mol. The number of nitrogens with zero attached hydrogens (tertiary/aromatic N) is 2. The van der Waals surface area contributed by atoms with E-state index in [0.717, 1.165) is 50.9 Å². The number of benzene rings is 10. The van der Waals surface area contributed by atoms with Crippen molar-refractivity contribution in [1.82, 2.24) is 4.57 Å². The Bertz CT molecular complexity index is 3810. The van der Waals surface area contributed by atoms with Gasteiger partial charge in [0.15, 0.2) is 0 Å². The van der Waals surface area contributed by atoms with Crippen molar-refractivity contribution >= 4 is 81.1 Å². The van der Waals surface area contributed by atoms with Crippen LogP contribution in [0.25, 0.3) is 69.6 Å². The van der Waals surface area contributed by atoms with Gasteiger partial charge in [0.05, 0.1) is 16.4 Å². The Morgan fingerprint density at radius 3 is 1.87 bits per heavy atom. The quantitative estimate of drug-likeness (QED) is 0.176. The fourth-order valence-electron chi connectivity index (χ4n) is 11.1. The van der Waals surface area contributed by atoms with Crippen LogP contribution in [0.2, 0.25) is 0 Å². The number of hydrogen-bond acceptors (Lipinski definition) is 3. The fourth-order valence-corrected chi connectivity index (χ4v) is 12.2. The third-order valence-corrected chi connectivity index (χ3v) is 14.8. The van der Waals surface area contributed by atoms with Gasteiger partial charge in [-0.2, -0.15) is 0 Å². The zero-order chi connectivity index (χ0) is 41.2. The molecule has 0 N–H and O–H groups in total. The van der Waals surface area contributed by atoms with Gasteiger partial charge in [-0.1, -0.05) is 146 Å². The van der Waals surface area contributed by atoms with E-state index < -0.39 is 5.41 Å². The number of hydrogen-bond donors (Lipinski definition) is 0. The van der Waals surface area contributed by atoms with Crippen LogP contribution in [0, 0.1) is 0 Å². The molecule has 12 aromatic rings. The second-order valence-corrected chi connectivity index (χ2v) is 17.9. The van der Waals surface area contributed by atoms with E-state index in [9.17, 15) is 0 Å². The van der Waals surface area contributed by atoms with Gasteiger partial charge in [-0.05, 0) is 106 Å². The van der Waals surface area contributed by atoms with E-state index in [4.69, 9.17) is 4.74 Å². The van der Waals surface area contributed by atoms with Gasteiger partial charge in [-0.3, -0.25) is 0 Å². The number of thiophene rings is 1. The van der Waals surface area contributed by atoms with Crippen LogP contribution in [0.15, 0.2) is 218 Å². The van der Waals surface area contributed by atoms with Gasteiger partial charge in [-0.25, -0.2) is 0 Å². The van der Waals surface area contributed by atoms with Crippen molar-refractivity contribution in [2.45, 2.75) is 5.41 Å². The van der Waals surface area contributed by atoms with Crippen molar-refractivity contribution in [1.29, 1.82) is 0 Å². The summed E-state index contributed by atoms with van der Waals surface area (Å²) in [6, 6.07) is 80.3. The first-order valence-electron chi connectivity index (χ1n) is 21.6. The second kappa shape index (κ2) is 13.0. The topological polar surface area (TPSA) is 17.4 Å². The minimum absolute atomic E-state index is 0.644. The molecular formula is C59H36N2OS. The number of ether oxygens (including phenoxy) is 1. The SMILES string of the molecule is c1ccc(N(c2ccc3c(c2)C2(c4ccccc4Oc4ccccc42)c2cccc4cccc-3c24)c2ccc3c4ccccc4n(-c4ccc5c(c4)sc4ccccc45)c3c2)cc1. The molecule has 2 aromatic heterocycles. The first-order valence-corrected chi connectivity index (χ1v) is 22.4. The van der Waals surface area contributed by atoms with E-state index in [1.54, 1.807) is 0 Å². The Kier molecular flexibility index (Phi) is 7.20. The summed E-state index contributed by atoms with van der Waals surface area (Å²) >= 11 is 1.86. The van der Waals surface area contributed by atoms with Crippen molar-refractivity contribution in [2.75, 3.05) is 4.90 Å². The van der Waals surface area contributed by atoms with Crippen LogP contribution < -0.4 is 9.64 Å². The number of para-hydroxylation sites is 4. The zero-order valence-electron chi connectivity index (χ0n) is 34.0. The summed E-state index contributed by atoms with van der Waals surface area (Å²) in [5.41, 5.74) is 13.4. The number of fused-ring (bicyclic) bond motifs is 14. The van der Waals surface area contributed by atoms with Crippen molar-refractivity contribution in [2.24, 2.45) is 0 Å². The summed E-state index contributed by atoms with van der Waals surface area (Å²) in [4.78, 5) is 2.43. The van der Waals surface area contributed by atoms with E-state index in [1.807, 2.05) is 11.3 Å². The molecule has 14 rings (SSSR count). The minimum atomic E-state index is -0.644. The highest BCUT2D eigenvalue weighted by molar-refractivity contribution is 7.25. The average Bonchev–Trinajstić information content (AvgIpc) is 3.88. The Morgan fingerprint density at radius 2 is 1.03 bits per heavy atom. The molecule has 4 heteroatoms. The Labute approximate surface area is 367 Å². The largest absolute Gasteiger partial charge is 0.457 e. The van der Waals surface area contributed by atoms with Gasteiger partial charge in [0.2, 0.25) is 0 Å². The predicted molar refractivity (Wildman–Crippen MR) is 263 cm³/mol. The van der Waals surface area contributed by atoms with Gasteiger partial charge < -0.3 is 14.2 Å². The van der Waals surface area contributed by atoms with Gasteiger partial charge in [-0.15, -0.1) is 11.3 Å². The number of aromatic nitrogens is 1. The first-order chi connectivity index (χ1) is 31.2.